The Hall–Kier alpha value is -0.0400. The van der Waals surface area contributed by atoms with Gasteiger partial charge in [0.05, 0.1) is 0 Å². The highest BCUT2D eigenvalue weighted by Crippen LogP contribution is 2.28. The molecule has 142 valence electrons. The van der Waals surface area contributed by atoms with Gasteiger partial charge < -0.3 is 15.1 Å². The van der Waals surface area contributed by atoms with E-state index in [4.69, 9.17) is 4.99 Å². The van der Waals surface area contributed by atoms with E-state index in [1.807, 2.05) is 0 Å². The summed E-state index contributed by atoms with van der Waals surface area (Å²) in [5, 5.41) is 3.49. The predicted molar refractivity (Wildman–Crippen MR) is 115 cm³/mol. The minimum atomic E-state index is 0. The second kappa shape index (κ2) is 11.6. The van der Waals surface area contributed by atoms with Gasteiger partial charge in [-0.15, -0.1) is 24.0 Å². The van der Waals surface area contributed by atoms with Crippen molar-refractivity contribution in [2.75, 3.05) is 46.3 Å². The molecule has 0 aromatic heterocycles. The van der Waals surface area contributed by atoms with Crippen LogP contribution in [-0.4, -0.2) is 62.1 Å². The van der Waals surface area contributed by atoms with E-state index in [-0.39, 0.29) is 24.0 Å². The lowest BCUT2D eigenvalue weighted by molar-refractivity contribution is 0.250. The SMILES string of the molecule is CCNC(=NCC1CCN(CC)C1)N(C)CC1CCC(C)CC1.I. The largest absolute Gasteiger partial charge is 0.357 e. The molecule has 1 aliphatic heterocycles. The molecule has 5 heteroatoms. The van der Waals surface area contributed by atoms with Crippen molar-refractivity contribution in [1.29, 1.82) is 0 Å². The number of rotatable bonds is 6. The van der Waals surface area contributed by atoms with Crippen molar-refractivity contribution in [3.63, 3.8) is 0 Å². The van der Waals surface area contributed by atoms with Gasteiger partial charge in [-0.3, -0.25) is 4.99 Å². The Kier molecular flexibility index (Phi) is 10.6. The zero-order valence-corrected chi connectivity index (χ0v) is 18.6. The van der Waals surface area contributed by atoms with E-state index in [9.17, 15) is 0 Å². The molecule has 1 unspecified atom stereocenters. The van der Waals surface area contributed by atoms with Crippen LogP contribution in [0, 0.1) is 17.8 Å². The minimum Gasteiger partial charge on any atom is -0.357 e. The molecule has 2 aliphatic rings. The van der Waals surface area contributed by atoms with Gasteiger partial charge in [-0.25, -0.2) is 0 Å². The summed E-state index contributed by atoms with van der Waals surface area (Å²) in [5.74, 6) is 3.64. The molecule has 0 radical (unpaired) electrons. The number of likely N-dealkylation sites (tertiary alicyclic amines) is 1. The predicted octanol–water partition coefficient (Wildman–Crippen LogP) is 3.67. The smallest absolute Gasteiger partial charge is 0.193 e. The second-order valence-corrected chi connectivity index (χ2v) is 7.75. The molecule has 0 spiro atoms. The first-order chi connectivity index (χ1) is 11.1. The van der Waals surface area contributed by atoms with Crippen LogP contribution in [0.4, 0.5) is 0 Å². The second-order valence-electron chi connectivity index (χ2n) is 7.75. The first-order valence-electron chi connectivity index (χ1n) is 9.84. The van der Waals surface area contributed by atoms with E-state index < -0.39 is 0 Å². The molecule has 1 N–H and O–H groups in total. The maximum Gasteiger partial charge on any atom is 0.193 e. The van der Waals surface area contributed by atoms with Gasteiger partial charge in [-0.1, -0.05) is 26.7 Å². The van der Waals surface area contributed by atoms with Crippen molar-refractivity contribution >= 4 is 29.9 Å². The van der Waals surface area contributed by atoms with E-state index in [0.717, 1.165) is 43.3 Å². The van der Waals surface area contributed by atoms with Gasteiger partial charge in [0.25, 0.3) is 0 Å². The average Bonchev–Trinajstić information content (AvgIpc) is 3.01. The van der Waals surface area contributed by atoms with Gasteiger partial charge in [-0.05, 0) is 57.0 Å². The Balaban J connectivity index is 0.00000288. The fraction of sp³-hybridized carbons (Fsp3) is 0.947. The van der Waals surface area contributed by atoms with Crippen LogP contribution in [0.3, 0.4) is 0 Å². The van der Waals surface area contributed by atoms with Gasteiger partial charge in [0.2, 0.25) is 0 Å². The lowest BCUT2D eigenvalue weighted by Gasteiger charge is -2.31. The number of nitrogens with zero attached hydrogens (tertiary/aromatic N) is 3. The molecule has 0 amide bonds. The molecular formula is C19H39IN4. The van der Waals surface area contributed by atoms with Crippen LogP contribution < -0.4 is 5.32 Å². The first-order valence-corrected chi connectivity index (χ1v) is 9.84. The molecule has 0 aromatic rings. The molecule has 4 nitrogen and oxygen atoms in total. The van der Waals surface area contributed by atoms with Gasteiger partial charge in [-0.2, -0.15) is 0 Å². The number of hydrogen-bond donors (Lipinski definition) is 1. The van der Waals surface area contributed by atoms with Crippen molar-refractivity contribution in [3.8, 4) is 0 Å². The zero-order valence-electron chi connectivity index (χ0n) is 16.3. The summed E-state index contributed by atoms with van der Waals surface area (Å²) in [6.07, 6.45) is 6.89. The molecule has 0 bridgehead atoms. The van der Waals surface area contributed by atoms with Gasteiger partial charge in [0.15, 0.2) is 5.96 Å². The summed E-state index contributed by atoms with van der Waals surface area (Å²) in [7, 11) is 2.21. The van der Waals surface area contributed by atoms with Gasteiger partial charge in [0, 0.05) is 33.2 Å². The summed E-state index contributed by atoms with van der Waals surface area (Å²) in [5.41, 5.74) is 0. The van der Waals surface area contributed by atoms with Crippen LogP contribution in [0.25, 0.3) is 0 Å². The Morgan fingerprint density at radius 1 is 1.12 bits per heavy atom. The molecule has 1 heterocycles. The van der Waals surface area contributed by atoms with Crippen LogP contribution in [0.2, 0.25) is 0 Å². The number of nitrogens with one attached hydrogen (secondary N) is 1. The van der Waals surface area contributed by atoms with Crippen molar-refractivity contribution in [2.45, 2.75) is 52.9 Å². The minimum absolute atomic E-state index is 0. The Morgan fingerprint density at radius 2 is 1.83 bits per heavy atom. The standard InChI is InChI=1S/C19H38N4.HI/c1-5-20-19(21-13-18-11-12-23(6-2)15-18)22(4)14-17-9-7-16(3)8-10-17;/h16-18H,5-15H2,1-4H3,(H,20,21);1H. The fourth-order valence-electron chi connectivity index (χ4n) is 4.02. The third kappa shape index (κ3) is 7.06. The Bertz CT molecular complexity index is 366. The lowest BCUT2D eigenvalue weighted by Crippen LogP contribution is -2.42. The summed E-state index contributed by atoms with van der Waals surface area (Å²) < 4.78 is 0. The lowest BCUT2D eigenvalue weighted by atomic mass is 9.83. The van der Waals surface area contributed by atoms with Gasteiger partial charge in [0.1, 0.15) is 0 Å². The number of aliphatic imine (C=N–C) groups is 1. The van der Waals surface area contributed by atoms with Crippen LogP contribution in [-0.2, 0) is 0 Å². The van der Waals surface area contributed by atoms with Crippen molar-refractivity contribution in [3.05, 3.63) is 0 Å². The van der Waals surface area contributed by atoms with Crippen molar-refractivity contribution in [1.82, 2.24) is 15.1 Å². The maximum absolute atomic E-state index is 4.95. The summed E-state index contributed by atoms with van der Waals surface area (Å²) in [4.78, 5) is 9.86. The topological polar surface area (TPSA) is 30.9 Å². The summed E-state index contributed by atoms with van der Waals surface area (Å²) in [6.45, 7) is 13.6. The van der Waals surface area contributed by atoms with Crippen molar-refractivity contribution in [2.24, 2.45) is 22.7 Å². The van der Waals surface area contributed by atoms with E-state index in [2.05, 4.69) is 42.9 Å². The van der Waals surface area contributed by atoms with Crippen LogP contribution >= 0.6 is 24.0 Å². The molecule has 1 saturated heterocycles. The first kappa shape index (κ1) is 22.0. The Morgan fingerprint density at radius 3 is 2.42 bits per heavy atom. The van der Waals surface area contributed by atoms with Crippen LogP contribution in [0.5, 0.6) is 0 Å². The molecular weight excluding hydrogens is 411 g/mol. The third-order valence-corrected chi connectivity index (χ3v) is 5.68. The Labute approximate surface area is 166 Å². The van der Waals surface area contributed by atoms with Gasteiger partial charge >= 0.3 is 0 Å². The maximum atomic E-state index is 4.95. The summed E-state index contributed by atoms with van der Waals surface area (Å²) >= 11 is 0. The molecule has 1 aliphatic carbocycles. The zero-order chi connectivity index (χ0) is 16.7. The molecule has 0 aromatic carbocycles. The molecule has 1 saturated carbocycles. The van der Waals surface area contributed by atoms with Crippen molar-refractivity contribution < 1.29 is 0 Å². The molecule has 24 heavy (non-hydrogen) atoms. The number of guanidine groups is 1. The summed E-state index contributed by atoms with van der Waals surface area (Å²) in [6, 6.07) is 0. The third-order valence-electron chi connectivity index (χ3n) is 5.68. The van der Waals surface area contributed by atoms with Crippen LogP contribution in [0.1, 0.15) is 52.9 Å². The normalized spacial score (nSPS) is 28.5. The van der Waals surface area contributed by atoms with E-state index >= 15 is 0 Å². The number of hydrogen-bond acceptors (Lipinski definition) is 2. The fourth-order valence-corrected chi connectivity index (χ4v) is 4.02. The number of halogens is 1. The van der Waals surface area contributed by atoms with E-state index in [0.29, 0.717) is 0 Å². The quantitative estimate of drug-likeness (QED) is 0.381. The highest BCUT2D eigenvalue weighted by atomic mass is 127. The highest BCUT2D eigenvalue weighted by molar-refractivity contribution is 14.0. The average molecular weight is 450 g/mol. The highest BCUT2D eigenvalue weighted by Gasteiger charge is 2.22. The van der Waals surface area contributed by atoms with E-state index in [1.54, 1.807) is 0 Å². The molecule has 2 rings (SSSR count). The van der Waals surface area contributed by atoms with E-state index in [1.165, 1.54) is 51.7 Å². The molecule has 1 atom stereocenters. The molecule has 2 fully saturated rings. The monoisotopic (exact) mass is 450 g/mol. The van der Waals surface area contributed by atoms with Crippen LogP contribution in [0.15, 0.2) is 4.99 Å².